The molecule has 0 unspecified atom stereocenters. The topological polar surface area (TPSA) is 113 Å². The number of nitrogens with zero attached hydrogens (tertiary/aromatic N) is 3. The Hall–Kier alpha value is -3.88. The number of hydrogen-bond donors (Lipinski definition) is 1. The van der Waals surface area contributed by atoms with Crippen molar-refractivity contribution in [1.82, 2.24) is 15.0 Å². The number of carbonyl (C=O) groups is 2. The number of rotatable bonds is 11. The molecule has 1 aromatic heterocycles. The number of aromatic hydroxyl groups is 1. The molecule has 33 heavy (non-hydrogen) atoms. The molecule has 0 fully saturated rings. The van der Waals surface area contributed by atoms with Gasteiger partial charge in [-0.05, 0) is 57.4 Å². The third-order valence-corrected chi connectivity index (χ3v) is 4.77. The van der Waals surface area contributed by atoms with Gasteiger partial charge in [-0.25, -0.2) is 9.59 Å². The summed E-state index contributed by atoms with van der Waals surface area (Å²) >= 11 is 0. The molecule has 0 saturated carbocycles. The van der Waals surface area contributed by atoms with Gasteiger partial charge < -0.3 is 19.3 Å². The predicted molar refractivity (Wildman–Crippen MR) is 123 cm³/mol. The van der Waals surface area contributed by atoms with Crippen molar-refractivity contribution >= 4 is 18.0 Å². The Balaban J connectivity index is 1.98. The van der Waals surface area contributed by atoms with Gasteiger partial charge in [-0.2, -0.15) is 5.10 Å². The monoisotopic (exact) mass is 455 g/mol. The maximum Gasteiger partial charge on any atom is 0.337 e. The summed E-state index contributed by atoms with van der Waals surface area (Å²) in [5.41, 5.74) is 3.12. The molecule has 1 heterocycles. The molecular weight excluding hydrogens is 426 g/mol. The molecule has 1 aromatic carbocycles. The van der Waals surface area contributed by atoms with Crippen molar-refractivity contribution in [2.24, 2.45) is 0 Å². The molecule has 0 aliphatic rings. The van der Waals surface area contributed by atoms with Gasteiger partial charge in [0, 0.05) is 11.6 Å². The maximum atomic E-state index is 12.1. The molecule has 0 spiro atoms. The van der Waals surface area contributed by atoms with Crippen LogP contribution >= 0.6 is 0 Å². The van der Waals surface area contributed by atoms with Crippen LogP contribution in [-0.2, 0) is 19.1 Å². The third kappa shape index (κ3) is 6.55. The van der Waals surface area contributed by atoms with Crippen LogP contribution in [0.15, 0.2) is 36.9 Å². The minimum atomic E-state index is -0.557. The van der Waals surface area contributed by atoms with Crippen molar-refractivity contribution in [3.8, 4) is 17.2 Å². The summed E-state index contributed by atoms with van der Waals surface area (Å²) in [5.74, 6) is -0.410. The van der Waals surface area contributed by atoms with Crippen LogP contribution in [0, 0.1) is 20.8 Å². The number of carbonyl (C=O) groups excluding carboxylic acids is 2. The Bertz CT molecular complexity index is 1080. The van der Waals surface area contributed by atoms with Crippen molar-refractivity contribution < 1.29 is 28.9 Å². The fraction of sp³-hybridized carbons (Fsp3) is 0.333. The van der Waals surface area contributed by atoms with Crippen molar-refractivity contribution in [3.63, 3.8) is 0 Å². The largest absolute Gasteiger partial charge is 0.505 e. The number of ether oxygens (including phenoxy) is 3. The van der Waals surface area contributed by atoms with Gasteiger partial charge in [0.25, 0.3) is 0 Å². The average molecular weight is 456 g/mol. The van der Waals surface area contributed by atoms with Crippen LogP contribution in [0.3, 0.4) is 0 Å². The molecule has 0 aliphatic heterocycles. The Morgan fingerprint density at radius 1 is 1.15 bits per heavy atom. The van der Waals surface area contributed by atoms with Crippen molar-refractivity contribution in [2.45, 2.75) is 33.6 Å². The summed E-state index contributed by atoms with van der Waals surface area (Å²) < 4.78 is 15.3. The Morgan fingerprint density at radius 2 is 1.82 bits per heavy atom. The van der Waals surface area contributed by atoms with Gasteiger partial charge in [-0.1, -0.05) is 13.2 Å². The van der Waals surface area contributed by atoms with Crippen LogP contribution < -0.4 is 4.74 Å². The summed E-state index contributed by atoms with van der Waals surface area (Å²) in [4.78, 5) is 24.4. The van der Waals surface area contributed by atoms with Gasteiger partial charge in [0.15, 0.2) is 0 Å². The first-order valence-corrected chi connectivity index (χ1v) is 10.3. The summed E-state index contributed by atoms with van der Waals surface area (Å²) in [6.45, 7) is 12.8. The minimum Gasteiger partial charge on any atom is -0.505 e. The first-order valence-electron chi connectivity index (χ1n) is 10.3. The third-order valence-electron chi connectivity index (χ3n) is 4.77. The molecule has 2 aromatic rings. The highest BCUT2D eigenvalue weighted by Crippen LogP contribution is 2.35. The molecule has 0 amide bonds. The van der Waals surface area contributed by atoms with E-state index in [0.717, 1.165) is 11.6 Å². The van der Waals surface area contributed by atoms with Crippen LogP contribution in [0.1, 0.15) is 35.4 Å². The Labute approximate surface area is 193 Å². The van der Waals surface area contributed by atoms with E-state index < -0.39 is 11.9 Å². The van der Waals surface area contributed by atoms with Crippen molar-refractivity contribution in [1.29, 1.82) is 0 Å². The predicted octanol–water partition coefficient (Wildman–Crippen LogP) is 3.53. The summed E-state index contributed by atoms with van der Waals surface area (Å²) in [6, 6.07) is 1.74. The van der Waals surface area contributed by atoms with E-state index >= 15 is 0 Å². The first kappa shape index (κ1) is 25.4. The zero-order chi connectivity index (χ0) is 24.5. The molecular formula is C24H29N3O6. The molecule has 0 radical (unpaired) electrons. The number of aryl methyl sites for hydroxylation is 2. The number of unbranched alkanes of at least 4 members (excludes halogenated alkanes) is 1. The molecule has 0 aliphatic carbocycles. The van der Waals surface area contributed by atoms with Gasteiger partial charge in [0.05, 0.1) is 31.6 Å². The van der Waals surface area contributed by atoms with E-state index in [1.807, 2.05) is 6.92 Å². The fourth-order valence-corrected chi connectivity index (χ4v) is 2.99. The smallest absolute Gasteiger partial charge is 0.337 e. The molecule has 1 N–H and O–H groups in total. The van der Waals surface area contributed by atoms with Gasteiger partial charge in [-0.3, -0.25) is 0 Å². The molecule has 2 rings (SSSR count). The van der Waals surface area contributed by atoms with Crippen molar-refractivity contribution in [3.05, 3.63) is 59.5 Å². The molecule has 9 nitrogen and oxygen atoms in total. The van der Waals surface area contributed by atoms with Crippen LogP contribution in [0.4, 0.5) is 0 Å². The summed E-state index contributed by atoms with van der Waals surface area (Å²) in [6.07, 6.45) is 5.31. The maximum absolute atomic E-state index is 12.1. The fourth-order valence-electron chi connectivity index (χ4n) is 2.99. The molecule has 0 atom stereocenters. The van der Waals surface area contributed by atoms with Gasteiger partial charge >= 0.3 is 11.9 Å². The van der Waals surface area contributed by atoms with E-state index in [1.54, 1.807) is 33.1 Å². The summed E-state index contributed by atoms with van der Waals surface area (Å²) in [7, 11) is 1.55. The molecule has 176 valence electrons. The number of phenolic OH excluding ortho intramolecular Hbond substituents is 1. The Morgan fingerprint density at radius 3 is 2.45 bits per heavy atom. The van der Waals surface area contributed by atoms with E-state index in [2.05, 4.69) is 23.4 Å². The van der Waals surface area contributed by atoms with Crippen LogP contribution in [0.25, 0.3) is 11.8 Å². The lowest BCUT2D eigenvalue weighted by Crippen LogP contribution is -2.08. The minimum absolute atomic E-state index is 0.0234. The zero-order valence-electron chi connectivity index (χ0n) is 19.4. The van der Waals surface area contributed by atoms with E-state index in [0.29, 0.717) is 41.2 Å². The number of benzene rings is 1. The highest BCUT2D eigenvalue weighted by atomic mass is 16.5. The SMILES string of the molecule is C=CC(=O)OCCCCOC(=O)C(=C)/C=C\c1nn(-c2cc(C)c(OC)c(C)c2O)nc1C. The lowest BCUT2D eigenvalue weighted by Gasteiger charge is -2.13. The number of methoxy groups -OCH3 is 1. The lowest BCUT2D eigenvalue weighted by atomic mass is 10.1. The Kier molecular flexibility index (Phi) is 8.97. The van der Waals surface area contributed by atoms with Gasteiger partial charge in [0.2, 0.25) is 0 Å². The highest BCUT2D eigenvalue weighted by molar-refractivity contribution is 5.92. The number of esters is 2. The van der Waals surface area contributed by atoms with Crippen molar-refractivity contribution in [2.75, 3.05) is 20.3 Å². The molecule has 0 bridgehead atoms. The standard InChI is InChI=1S/C24H29N3O6/c1-7-21(28)32-12-8-9-13-33-24(30)15(2)10-11-19-18(5)25-27(26-19)20-14-16(3)23(31-6)17(4)22(20)29/h7,10-11,14,29H,1-2,8-9,12-13H2,3-6H3/b11-10-. The first-order chi connectivity index (χ1) is 15.7. The van der Waals surface area contributed by atoms with E-state index in [4.69, 9.17) is 14.2 Å². The van der Waals surface area contributed by atoms with Crippen LogP contribution in [0.2, 0.25) is 0 Å². The number of hydrogen-bond acceptors (Lipinski definition) is 8. The van der Waals surface area contributed by atoms with Gasteiger partial charge in [0.1, 0.15) is 22.9 Å². The zero-order valence-corrected chi connectivity index (χ0v) is 19.4. The van der Waals surface area contributed by atoms with E-state index in [-0.39, 0.29) is 24.5 Å². The van der Waals surface area contributed by atoms with Crippen LogP contribution in [0.5, 0.6) is 11.5 Å². The normalized spacial score (nSPS) is 10.8. The second kappa shape index (κ2) is 11.7. The second-order valence-corrected chi connectivity index (χ2v) is 7.25. The van der Waals surface area contributed by atoms with E-state index in [9.17, 15) is 14.7 Å². The lowest BCUT2D eigenvalue weighted by molar-refractivity contribution is -0.140. The van der Waals surface area contributed by atoms with Crippen LogP contribution in [-0.4, -0.2) is 52.4 Å². The molecule has 9 heteroatoms. The number of aromatic nitrogens is 3. The number of phenols is 1. The van der Waals surface area contributed by atoms with E-state index in [1.165, 1.54) is 10.9 Å². The average Bonchev–Trinajstić information content (AvgIpc) is 3.16. The second-order valence-electron chi connectivity index (χ2n) is 7.25. The van der Waals surface area contributed by atoms with Gasteiger partial charge in [-0.15, -0.1) is 9.90 Å². The summed E-state index contributed by atoms with van der Waals surface area (Å²) in [5, 5.41) is 19.3. The molecule has 0 saturated heterocycles. The quantitative estimate of drug-likeness (QED) is 0.237. The highest BCUT2D eigenvalue weighted by Gasteiger charge is 2.17.